The molecule has 0 amide bonds. The molecule has 18 heavy (non-hydrogen) atoms. The van der Waals surface area contributed by atoms with Crippen LogP contribution in [-0.2, 0) is 19.4 Å². The quantitative estimate of drug-likeness (QED) is 0.587. The number of carbonyl (C=O) groups excluding carboxylic acids is 1. The van der Waals surface area contributed by atoms with E-state index in [2.05, 4.69) is 0 Å². The number of carbonyl (C=O) groups is 1. The van der Waals surface area contributed by atoms with Crippen LogP contribution >= 0.6 is 0 Å². The van der Waals surface area contributed by atoms with Gasteiger partial charge in [0.1, 0.15) is 0 Å². The van der Waals surface area contributed by atoms with Crippen molar-refractivity contribution in [2.24, 2.45) is 0 Å². The van der Waals surface area contributed by atoms with Crippen LogP contribution in [0.2, 0.25) is 0 Å². The molecule has 0 fully saturated rings. The van der Waals surface area contributed by atoms with E-state index in [0.29, 0.717) is 0 Å². The van der Waals surface area contributed by atoms with Crippen molar-refractivity contribution in [3.63, 3.8) is 0 Å². The fraction of sp³-hybridized carbons (Fsp3) is 0.462. The lowest BCUT2D eigenvalue weighted by Crippen LogP contribution is -2.19. The number of hydrogen-bond donors (Lipinski definition) is 0. The van der Waals surface area contributed by atoms with E-state index in [4.69, 9.17) is 4.74 Å². The Morgan fingerprint density at radius 2 is 1.83 bits per heavy atom. The molecular formula is C13H18O4S. The monoisotopic (exact) mass is 270 g/mol. The molecule has 1 rings (SSSR count). The highest BCUT2D eigenvalue weighted by atomic mass is 32.2. The fourth-order valence-corrected chi connectivity index (χ4v) is 2.47. The number of unbranched alkanes of at least 4 members (excludes halogenated alkanes) is 1. The number of esters is 1. The van der Waals surface area contributed by atoms with Gasteiger partial charge in [0.25, 0.3) is 0 Å². The molecule has 0 spiro atoms. The summed E-state index contributed by atoms with van der Waals surface area (Å²) in [6.45, 7) is 4.12. The van der Waals surface area contributed by atoms with Gasteiger partial charge in [0, 0.05) is 0 Å². The Hall–Kier alpha value is -1.36. The minimum Gasteiger partial charge on any atom is -0.465 e. The van der Waals surface area contributed by atoms with Gasteiger partial charge in [-0.05, 0) is 25.5 Å². The minimum absolute atomic E-state index is 0.153. The van der Waals surface area contributed by atoms with Crippen molar-refractivity contribution in [1.29, 1.82) is 0 Å². The third-order valence-corrected chi connectivity index (χ3v) is 4.06. The Morgan fingerprint density at radius 1 is 1.22 bits per heavy atom. The highest BCUT2D eigenvalue weighted by Crippen LogP contribution is 2.12. The maximum Gasteiger partial charge on any atom is 0.321 e. The van der Waals surface area contributed by atoms with Gasteiger partial charge < -0.3 is 4.74 Å². The van der Waals surface area contributed by atoms with E-state index in [1.54, 1.807) is 12.1 Å². The molecule has 1 aromatic rings. The van der Waals surface area contributed by atoms with Crippen molar-refractivity contribution in [1.82, 2.24) is 0 Å². The normalized spacial score (nSPS) is 11.2. The zero-order chi connectivity index (χ0) is 13.6. The van der Waals surface area contributed by atoms with Gasteiger partial charge in [-0.3, -0.25) is 4.79 Å². The number of sulfone groups is 1. The van der Waals surface area contributed by atoms with Gasteiger partial charge in [-0.1, -0.05) is 31.0 Å². The number of rotatable bonds is 6. The molecule has 0 unspecified atom stereocenters. The predicted molar refractivity (Wildman–Crippen MR) is 69.1 cm³/mol. The van der Waals surface area contributed by atoms with Crippen LogP contribution in [0, 0.1) is 6.92 Å². The van der Waals surface area contributed by atoms with E-state index in [-0.39, 0.29) is 11.5 Å². The highest BCUT2D eigenvalue weighted by molar-refractivity contribution is 7.92. The fourth-order valence-electron chi connectivity index (χ4n) is 1.36. The summed E-state index contributed by atoms with van der Waals surface area (Å²) < 4.78 is 28.6. The molecule has 0 aliphatic carbocycles. The lowest BCUT2D eigenvalue weighted by Gasteiger charge is -2.05. The molecule has 0 aliphatic heterocycles. The van der Waals surface area contributed by atoms with E-state index in [1.165, 1.54) is 12.1 Å². The SMILES string of the molecule is CCCCOC(=O)CS(=O)(=O)c1ccc(C)cc1. The van der Waals surface area contributed by atoms with E-state index in [0.717, 1.165) is 18.4 Å². The number of aryl methyl sites for hydroxylation is 1. The van der Waals surface area contributed by atoms with E-state index in [9.17, 15) is 13.2 Å². The number of ether oxygens (including phenoxy) is 1. The molecule has 1 aromatic carbocycles. The van der Waals surface area contributed by atoms with Crippen LogP contribution in [0.25, 0.3) is 0 Å². The molecule has 0 saturated carbocycles. The average Bonchev–Trinajstić information content (AvgIpc) is 2.29. The van der Waals surface area contributed by atoms with Crippen molar-refractivity contribution in [3.05, 3.63) is 29.8 Å². The summed E-state index contributed by atoms with van der Waals surface area (Å²) in [5, 5.41) is 0. The second-order valence-electron chi connectivity index (χ2n) is 4.15. The van der Waals surface area contributed by atoms with Crippen LogP contribution in [-0.4, -0.2) is 26.7 Å². The first-order chi connectivity index (χ1) is 8.45. The van der Waals surface area contributed by atoms with Gasteiger partial charge in [0.2, 0.25) is 0 Å². The van der Waals surface area contributed by atoms with Gasteiger partial charge >= 0.3 is 5.97 Å². The van der Waals surface area contributed by atoms with Crippen LogP contribution in [0.3, 0.4) is 0 Å². The molecule has 100 valence electrons. The maximum absolute atomic E-state index is 11.9. The van der Waals surface area contributed by atoms with Gasteiger partial charge in [0.05, 0.1) is 11.5 Å². The molecule has 0 atom stereocenters. The molecule has 0 aromatic heterocycles. The van der Waals surface area contributed by atoms with Crippen molar-refractivity contribution in [3.8, 4) is 0 Å². The van der Waals surface area contributed by atoms with E-state index in [1.807, 2.05) is 13.8 Å². The third kappa shape index (κ3) is 4.49. The first-order valence-electron chi connectivity index (χ1n) is 5.91. The van der Waals surface area contributed by atoms with Crippen molar-refractivity contribution < 1.29 is 17.9 Å². The topological polar surface area (TPSA) is 60.4 Å². The van der Waals surface area contributed by atoms with Crippen LogP contribution in [0.4, 0.5) is 0 Å². The van der Waals surface area contributed by atoms with Crippen molar-refractivity contribution in [2.75, 3.05) is 12.4 Å². The summed E-state index contributed by atoms with van der Waals surface area (Å²) >= 11 is 0. The molecule has 5 heteroatoms. The van der Waals surface area contributed by atoms with Gasteiger partial charge in [-0.2, -0.15) is 0 Å². The van der Waals surface area contributed by atoms with Gasteiger partial charge in [-0.15, -0.1) is 0 Å². The summed E-state index contributed by atoms with van der Waals surface area (Å²) in [4.78, 5) is 11.5. The van der Waals surface area contributed by atoms with E-state index < -0.39 is 21.6 Å². The third-order valence-electron chi connectivity index (χ3n) is 2.45. The average molecular weight is 270 g/mol. The predicted octanol–water partition coefficient (Wildman–Crippen LogP) is 2.11. The summed E-state index contributed by atoms with van der Waals surface area (Å²) in [7, 11) is -3.59. The smallest absolute Gasteiger partial charge is 0.321 e. The second kappa shape index (κ2) is 6.54. The largest absolute Gasteiger partial charge is 0.465 e. The molecule has 0 heterocycles. The molecule has 4 nitrogen and oxygen atoms in total. The Morgan fingerprint density at radius 3 is 2.39 bits per heavy atom. The Bertz CT molecular complexity index is 488. The van der Waals surface area contributed by atoms with E-state index >= 15 is 0 Å². The molecule has 0 saturated heterocycles. The molecule has 0 radical (unpaired) electrons. The number of benzene rings is 1. The first-order valence-corrected chi connectivity index (χ1v) is 7.56. The summed E-state index contributed by atoms with van der Waals surface area (Å²) in [5.41, 5.74) is 0.972. The molecule has 0 N–H and O–H groups in total. The highest BCUT2D eigenvalue weighted by Gasteiger charge is 2.19. The Labute approximate surface area is 108 Å². The van der Waals surface area contributed by atoms with Gasteiger partial charge in [0.15, 0.2) is 15.6 Å². The van der Waals surface area contributed by atoms with Crippen molar-refractivity contribution in [2.45, 2.75) is 31.6 Å². The van der Waals surface area contributed by atoms with Crippen LogP contribution in [0.15, 0.2) is 29.2 Å². The summed E-state index contributed by atoms with van der Waals surface area (Å²) in [5.74, 6) is -1.29. The summed E-state index contributed by atoms with van der Waals surface area (Å²) in [6.07, 6.45) is 1.65. The Kier molecular flexibility index (Phi) is 5.34. The minimum atomic E-state index is -3.59. The lowest BCUT2D eigenvalue weighted by molar-refractivity contribution is -0.140. The Balaban J connectivity index is 2.64. The molecule has 0 bridgehead atoms. The van der Waals surface area contributed by atoms with Gasteiger partial charge in [-0.25, -0.2) is 8.42 Å². The number of hydrogen-bond acceptors (Lipinski definition) is 4. The maximum atomic E-state index is 11.9. The zero-order valence-electron chi connectivity index (χ0n) is 10.7. The second-order valence-corrected chi connectivity index (χ2v) is 6.14. The molecular weight excluding hydrogens is 252 g/mol. The first kappa shape index (κ1) is 14.7. The molecule has 0 aliphatic rings. The van der Waals surface area contributed by atoms with Crippen molar-refractivity contribution >= 4 is 15.8 Å². The van der Waals surface area contributed by atoms with Crippen LogP contribution in [0.1, 0.15) is 25.3 Å². The summed E-state index contributed by atoms with van der Waals surface area (Å²) in [6, 6.07) is 6.42. The van der Waals surface area contributed by atoms with Crippen LogP contribution < -0.4 is 0 Å². The standard InChI is InChI=1S/C13H18O4S/c1-3-4-9-17-13(14)10-18(15,16)12-7-5-11(2)6-8-12/h5-8H,3-4,9-10H2,1-2H3. The lowest BCUT2D eigenvalue weighted by atomic mass is 10.2. The van der Waals surface area contributed by atoms with Crippen LogP contribution in [0.5, 0.6) is 0 Å². The zero-order valence-corrected chi connectivity index (χ0v) is 11.5.